The minimum absolute atomic E-state index is 0.0331. The average molecular weight is 833 g/mol. The number of methoxy groups -OCH3 is 2. The van der Waals surface area contributed by atoms with Gasteiger partial charge in [0.25, 0.3) is 0 Å². The number of carboxylic acids is 2. The van der Waals surface area contributed by atoms with E-state index in [4.69, 9.17) is 19.7 Å². The molecule has 0 aromatic heterocycles. The van der Waals surface area contributed by atoms with Gasteiger partial charge >= 0.3 is 11.9 Å². The Bertz CT molecular complexity index is 1830. The maximum Gasteiger partial charge on any atom is 0.328 e. The second-order valence-corrected chi connectivity index (χ2v) is 13.8. The highest BCUT2D eigenvalue weighted by Gasteiger charge is 2.19. The number of amides is 2. The summed E-state index contributed by atoms with van der Waals surface area (Å²) in [4.78, 5) is 44.4. The molecule has 8 N–H and O–H groups in total. The first kappa shape index (κ1) is 49.7. The fourth-order valence-electron chi connectivity index (χ4n) is 5.66. The molecule has 324 valence electrons. The van der Waals surface area contributed by atoms with Crippen LogP contribution in [0.15, 0.2) is 97.1 Å². The number of benzene rings is 4. The normalized spacial score (nSPS) is 12.8. The fourth-order valence-corrected chi connectivity index (χ4v) is 5.66. The first-order valence-corrected chi connectivity index (χ1v) is 18.7. The van der Waals surface area contributed by atoms with Crippen molar-refractivity contribution >= 4 is 36.1 Å². The number of rotatable bonds is 20. The molecular weight excluding hydrogens is 777 g/mol. The van der Waals surface area contributed by atoms with Crippen molar-refractivity contribution in [2.75, 3.05) is 52.0 Å². The van der Waals surface area contributed by atoms with Gasteiger partial charge in [-0.25, -0.2) is 9.59 Å². The van der Waals surface area contributed by atoms with E-state index in [1.807, 2.05) is 62.6 Å². The molecule has 0 aliphatic carbocycles. The van der Waals surface area contributed by atoms with E-state index >= 15 is 0 Å². The standard InChI is InChI=1S/2C20H26N2O4.C4H4O4/c2*1-14(10-15-4-7-17(26-3)8-5-15)22(2)12-20(25)16-6-9-19(24)18(11-16)21-13-23;5-3(6)1-2-4(7)8/h2*4-9,11,13-14,20,24-25H,10,12H2,1-3H3,(H,21,23);1-2H,(H,5,6)(H,7,8). The van der Waals surface area contributed by atoms with Gasteiger partial charge in [-0.1, -0.05) is 36.4 Å². The quantitative estimate of drug-likeness (QED) is 0.0338. The van der Waals surface area contributed by atoms with Gasteiger partial charge in [0.2, 0.25) is 12.8 Å². The van der Waals surface area contributed by atoms with Crippen LogP contribution in [0.25, 0.3) is 0 Å². The van der Waals surface area contributed by atoms with Crippen molar-refractivity contribution in [1.82, 2.24) is 9.80 Å². The number of aromatic hydroxyl groups is 2. The summed E-state index contributed by atoms with van der Waals surface area (Å²) in [6.45, 7) is 5.07. The second kappa shape index (κ2) is 25.8. The van der Waals surface area contributed by atoms with Gasteiger partial charge in [0, 0.05) is 37.3 Å². The molecule has 0 radical (unpaired) electrons. The molecule has 2 amide bonds. The highest BCUT2D eigenvalue weighted by molar-refractivity contribution is 5.89. The van der Waals surface area contributed by atoms with Crippen molar-refractivity contribution in [3.63, 3.8) is 0 Å². The predicted octanol–water partition coefficient (Wildman–Crippen LogP) is 4.84. The monoisotopic (exact) mass is 832 g/mol. The molecule has 4 rings (SSSR count). The Labute approximate surface area is 349 Å². The lowest BCUT2D eigenvalue weighted by Gasteiger charge is -2.27. The first-order chi connectivity index (χ1) is 28.5. The number of nitrogens with one attached hydrogen (secondary N) is 2. The molecule has 0 saturated heterocycles. The van der Waals surface area contributed by atoms with E-state index in [0.29, 0.717) is 49.2 Å². The topological polar surface area (TPSA) is 239 Å². The number of anilines is 2. The molecule has 0 spiro atoms. The van der Waals surface area contributed by atoms with Crippen LogP contribution in [0, 0.1) is 0 Å². The molecule has 60 heavy (non-hydrogen) atoms. The zero-order chi connectivity index (χ0) is 44.8. The van der Waals surface area contributed by atoms with Crippen molar-refractivity contribution in [3.8, 4) is 23.0 Å². The number of phenolic OH excluding ortho intramolecular Hbond substituents is 2. The van der Waals surface area contributed by atoms with E-state index in [1.54, 1.807) is 38.5 Å². The number of phenols is 2. The van der Waals surface area contributed by atoms with Crippen LogP contribution in [0.3, 0.4) is 0 Å². The molecule has 4 unspecified atom stereocenters. The van der Waals surface area contributed by atoms with E-state index in [9.17, 15) is 39.6 Å². The number of carbonyl (C=O) groups is 4. The minimum Gasteiger partial charge on any atom is -0.506 e. The van der Waals surface area contributed by atoms with Gasteiger partial charge in [0.05, 0.1) is 37.8 Å². The van der Waals surface area contributed by atoms with E-state index in [1.165, 1.54) is 23.3 Å². The number of aliphatic hydroxyl groups excluding tert-OH is 2. The lowest BCUT2D eigenvalue weighted by atomic mass is 10.0. The third kappa shape index (κ3) is 17.6. The van der Waals surface area contributed by atoms with E-state index in [-0.39, 0.29) is 35.0 Å². The summed E-state index contributed by atoms with van der Waals surface area (Å²) in [5.74, 6) is -0.919. The average Bonchev–Trinajstić information content (AvgIpc) is 3.22. The summed E-state index contributed by atoms with van der Waals surface area (Å²) in [7, 11) is 7.21. The second-order valence-electron chi connectivity index (χ2n) is 13.8. The molecule has 16 nitrogen and oxygen atoms in total. The first-order valence-electron chi connectivity index (χ1n) is 18.7. The van der Waals surface area contributed by atoms with Crippen LogP contribution in [0.4, 0.5) is 11.4 Å². The Morgan fingerprint density at radius 1 is 0.617 bits per heavy atom. The van der Waals surface area contributed by atoms with Crippen LogP contribution in [0.5, 0.6) is 23.0 Å². The van der Waals surface area contributed by atoms with Crippen molar-refractivity contribution in [3.05, 3.63) is 119 Å². The summed E-state index contributed by atoms with van der Waals surface area (Å²) in [5.41, 5.74) is 4.23. The predicted molar refractivity (Wildman–Crippen MR) is 227 cm³/mol. The summed E-state index contributed by atoms with van der Waals surface area (Å²) >= 11 is 0. The van der Waals surface area contributed by atoms with Gasteiger partial charge in [0.1, 0.15) is 23.0 Å². The summed E-state index contributed by atoms with van der Waals surface area (Å²) < 4.78 is 10.3. The van der Waals surface area contributed by atoms with E-state index in [0.717, 1.165) is 24.3 Å². The van der Waals surface area contributed by atoms with Crippen molar-refractivity contribution in [2.24, 2.45) is 0 Å². The Kier molecular flexibility index (Phi) is 21.4. The maximum absolute atomic E-state index is 10.6. The molecule has 0 saturated carbocycles. The number of carbonyl (C=O) groups excluding carboxylic acids is 2. The SMILES string of the molecule is COc1ccc(CC(C)N(C)CC(O)c2ccc(O)c(NC=O)c2)cc1.COc1ccc(CC(C)N(C)CC(O)c2ccc(O)c(NC=O)c2)cc1.O=C(O)C=CC(=O)O. The molecular formula is C44H56N4O12. The van der Waals surface area contributed by atoms with Gasteiger partial charge < -0.3 is 60.5 Å². The molecule has 0 fully saturated rings. The van der Waals surface area contributed by atoms with Crippen LogP contribution >= 0.6 is 0 Å². The number of likely N-dealkylation sites (N-methyl/N-ethyl adjacent to an activating group) is 2. The Balaban J connectivity index is 0.000000350. The van der Waals surface area contributed by atoms with E-state index < -0.39 is 24.1 Å². The Hall–Kier alpha value is -6.46. The fraction of sp³-hybridized carbons (Fsp3) is 0.318. The van der Waals surface area contributed by atoms with Gasteiger partial charge in [-0.15, -0.1) is 0 Å². The molecule has 4 aromatic rings. The molecule has 0 aliphatic rings. The molecule has 0 heterocycles. The van der Waals surface area contributed by atoms with Crippen LogP contribution in [0.1, 0.15) is 48.3 Å². The summed E-state index contributed by atoms with van der Waals surface area (Å²) in [6.07, 6.45) is 2.34. The van der Waals surface area contributed by atoms with Crippen LogP contribution in [0.2, 0.25) is 0 Å². The molecule has 16 heteroatoms. The zero-order valence-corrected chi connectivity index (χ0v) is 34.6. The van der Waals surface area contributed by atoms with Gasteiger partial charge in [0.15, 0.2) is 0 Å². The maximum atomic E-state index is 10.6. The van der Waals surface area contributed by atoms with Crippen LogP contribution in [-0.4, -0.2) is 119 Å². The number of nitrogens with zero attached hydrogens (tertiary/aromatic N) is 2. The number of carboxylic acid groups (broad SMARTS) is 2. The van der Waals surface area contributed by atoms with Gasteiger partial charge in [-0.3, -0.25) is 9.59 Å². The molecule has 0 aliphatic heterocycles. The number of hydrogen-bond donors (Lipinski definition) is 8. The van der Waals surface area contributed by atoms with Crippen molar-refractivity contribution in [2.45, 2.75) is 51.0 Å². The number of aliphatic hydroxyl groups is 2. The third-order valence-corrected chi connectivity index (χ3v) is 9.42. The van der Waals surface area contributed by atoms with Gasteiger partial charge in [-0.2, -0.15) is 0 Å². The highest BCUT2D eigenvalue weighted by atomic mass is 16.5. The molecule has 0 bridgehead atoms. The summed E-state index contributed by atoms with van der Waals surface area (Å²) in [6, 6.07) is 25.7. The van der Waals surface area contributed by atoms with E-state index in [2.05, 4.69) is 34.3 Å². The lowest BCUT2D eigenvalue weighted by Crippen LogP contribution is -2.34. The van der Waals surface area contributed by atoms with Crippen LogP contribution < -0.4 is 20.1 Å². The summed E-state index contributed by atoms with van der Waals surface area (Å²) in [5, 5.41) is 60.9. The molecule has 4 atom stereocenters. The number of hydrogen-bond acceptors (Lipinski definition) is 12. The lowest BCUT2D eigenvalue weighted by molar-refractivity contribution is -0.134. The number of aliphatic carboxylic acids is 2. The van der Waals surface area contributed by atoms with Gasteiger partial charge in [-0.05, 0) is 112 Å². The van der Waals surface area contributed by atoms with Crippen molar-refractivity contribution < 1.29 is 59.3 Å². The smallest absolute Gasteiger partial charge is 0.328 e. The molecule has 4 aromatic carbocycles. The van der Waals surface area contributed by atoms with Crippen molar-refractivity contribution in [1.29, 1.82) is 0 Å². The Morgan fingerprint density at radius 2 is 0.950 bits per heavy atom. The highest BCUT2D eigenvalue weighted by Crippen LogP contribution is 2.29. The minimum atomic E-state index is -1.26. The Morgan fingerprint density at radius 3 is 1.23 bits per heavy atom. The third-order valence-electron chi connectivity index (χ3n) is 9.42. The van der Waals surface area contributed by atoms with Crippen LogP contribution in [-0.2, 0) is 32.0 Å². The zero-order valence-electron chi connectivity index (χ0n) is 34.6. The number of ether oxygens (including phenoxy) is 2. The largest absolute Gasteiger partial charge is 0.506 e.